The van der Waals surface area contributed by atoms with Crippen LogP contribution in [0, 0.1) is 0 Å². The van der Waals surface area contributed by atoms with Gasteiger partial charge in [0.2, 0.25) is 0 Å². The number of ether oxygens (including phenoxy) is 2. The zero-order valence-corrected chi connectivity index (χ0v) is 18.0. The van der Waals surface area contributed by atoms with Gasteiger partial charge in [0.05, 0.1) is 31.1 Å². The monoisotopic (exact) mass is 450 g/mol. The molecule has 1 aliphatic heterocycles. The maximum atomic E-state index is 13.2. The van der Waals surface area contributed by atoms with Crippen LogP contribution in [0.25, 0.3) is 5.76 Å². The second-order valence-corrected chi connectivity index (χ2v) is 7.41. The van der Waals surface area contributed by atoms with E-state index in [9.17, 15) is 14.7 Å². The Kier molecular flexibility index (Phi) is 5.83. The van der Waals surface area contributed by atoms with Gasteiger partial charge in [-0.15, -0.1) is 0 Å². The first kappa shape index (κ1) is 21.4. The van der Waals surface area contributed by atoms with E-state index in [1.54, 1.807) is 60.8 Å². The molecule has 1 fully saturated rings. The molecule has 7 nitrogen and oxygen atoms in total. The highest BCUT2D eigenvalue weighted by Gasteiger charge is 2.48. The SMILES string of the molecule is COc1ccc(OC)c(/C(O)=C2\C(=O)C(=O)N(c3cccc(Cl)c3)C2c2ccccn2)c1. The quantitative estimate of drug-likeness (QED) is 0.352. The van der Waals surface area contributed by atoms with Crippen LogP contribution in [0.1, 0.15) is 17.3 Å². The molecule has 32 heavy (non-hydrogen) atoms. The first-order valence-electron chi connectivity index (χ1n) is 9.66. The van der Waals surface area contributed by atoms with E-state index in [1.807, 2.05) is 0 Å². The Morgan fingerprint density at radius 3 is 2.50 bits per heavy atom. The van der Waals surface area contributed by atoms with Crippen molar-refractivity contribution in [2.45, 2.75) is 6.04 Å². The van der Waals surface area contributed by atoms with Gasteiger partial charge in [0.25, 0.3) is 11.7 Å². The lowest BCUT2D eigenvalue weighted by Gasteiger charge is -2.24. The molecule has 1 unspecified atom stereocenters. The van der Waals surface area contributed by atoms with Gasteiger partial charge in [-0.05, 0) is 48.5 Å². The second kappa shape index (κ2) is 8.72. The van der Waals surface area contributed by atoms with Crippen LogP contribution in [0.5, 0.6) is 11.5 Å². The van der Waals surface area contributed by atoms with Gasteiger partial charge >= 0.3 is 0 Å². The van der Waals surface area contributed by atoms with Gasteiger partial charge in [-0.25, -0.2) is 0 Å². The number of pyridine rings is 1. The van der Waals surface area contributed by atoms with Crippen molar-refractivity contribution in [3.8, 4) is 11.5 Å². The lowest BCUT2D eigenvalue weighted by Crippen LogP contribution is -2.29. The van der Waals surface area contributed by atoms with Gasteiger partial charge in [-0.2, -0.15) is 0 Å². The molecule has 2 heterocycles. The minimum absolute atomic E-state index is 0.111. The molecule has 0 bridgehead atoms. The summed E-state index contributed by atoms with van der Waals surface area (Å²) in [6, 6.07) is 15.6. The highest BCUT2D eigenvalue weighted by atomic mass is 35.5. The molecule has 1 saturated heterocycles. The Balaban J connectivity index is 1.98. The van der Waals surface area contributed by atoms with Gasteiger partial charge in [0, 0.05) is 16.9 Å². The third-order valence-electron chi connectivity index (χ3n) is 5.16. The van der Waals surface area contributed by atoms with E-state index in [4.69, 9.17) is 21.1 Å². The number of halogens is 1. The van der Waals surface area contributed by atoms with Gasteiger partial charge in [0.15, 0.2) is 0 Å². The van der Waals surface area contributed by atoms with Gasteiger partial charge in [-0.3, -0.25) is 19.5 Å². The van der Waals surface area contributed by atoms with Crippen molar-refractivity contribution in [2.24, 2.45) is 0 Å². The van der Waals surface area contributed by atoms with Crippen LogP contribution in [0.4, 0.5) is 5.69 Å². The predicted octanol–water partition coefficient (Wildman–Crippen LogP) is 4.38. The third kappa shape index (κ3) is 3.67. The lowest BCUT2D eigenvalue weighted by molar-refractivity contribution is -0.132. The lowest BCUT2D eigenvalue weighted by atomic mass is 9.97. The number of hydrogen-bond donors (Lipinski definition) is 1. The van der Waals surface area contributed by atoms with Crippen molar-refractivity contribution in [1.29, 1.82) is 0 Å². The van der Waals surface area contributed by atoms with E-state index < -0.39 is 17.7 Å². The van der Waals surface area contributed by atoms with Crippen LogP contribution in [0.2, 0.25) is 5.02 Å². The molecule has 0 spiro atoms. The Morgan fingerprint density at radius 2 is 1.84 bits per heavy atom. The highest BCUT2D eigenvalue weighted by molar-refractivity contribution is 6.51. The fraction of sp³-hybridized carbons (Fsp3) is 0.125. The standard InChI is InChI=1S/C24H19ClN2O5/c1-31-16-9-10-19(32-2)17(13-16)22(28)20-21(18-8-3-4-11-26-18)27(24(30)23(20)29)15-7-5-6-14(25)12-15/h3-13,21,28H,1-2H3/b22-20+. The molecule has 8 heteroatoms. The maximum Gasteiger partial charge on any atom is 0.300 e. The highest BCUT2D eigenvalue weighted by Crippen LogP contribution is 2.43. The number of rotatable bonds is 5. The molecule has 0 aliphatic carbocycles. The summed E-state index contributed by atoms with van der Waals surface area (Å²) in [5, 5.41) is 11.7. The summed E-state index contributed by atoms with van der Waals surface area (Å²) < 4.78 is 10.6. The second-order valence-electron chi connectivity index (χ2n) is 6.97. The summed E-state index contributed by atoms with van der Waals surface area (Å²) in [6.45, 7) is 0. The van der Waals surface area contributed by atoms with E-state index in [0.717, 1.165) is 0 Å². The number of hydrogen-bond acceptors (Lipinski definition) is 6. The minimum Gasteiger partial charge on any atom is -0.507 e. The smallest absolute Gasteiger partial charge is 0.300 e. The van der Waals surface area contributed by atoms with Crippen LogP contribution in [0.3, 0.4) is 0 Å². The molecule has 1 aliphatic rings. The summed E-state index contributed by atoms with van der Waals surface area (Å²) >= 11 is 6.14. The number of aliphatic hydroxyl groups excluding tert-OH is 1. The Hall–Kier alpha value is -3.84. The first-order valence-corrected chi connectivity index (χ1v) is 10.0. The fourth-order valence-corrected chi connectivity index (χ4v) is 3.87. The van der Waals surface area contributed by atoms with Crippen LogP contribution in [-0.4, -0.2) is 36.0 Å². The van der Waals surface area contributed by atoms with E-state index in [2.05, 4.69) is 4.98 Å². The average Bonchev–Trinajstić information content (AvgIpc) is 3.09. The number of carbonyl (C=O) groups excluding carboxylic acids is 2. The number of methoxy groups -OCH3 is 2. The number of amides is 1. The topological polar surface area (TPSA) is 89.0 Å². The number of benzene rings is 2. The fourth-order valence-electron chi connectivity index (χ4n) is 3.69. The number of anilines is 1. The molecule has 1 amide bonds. The maximum absolute atomic E-state index is 13.2. The van der Waals surface area contributed by atoms with Crippen LogP contribution >= 0.6 is 11.6 Å². The zero-order chi connectivity index (χ0) is 22.8. The summed E-state index contributed by atoms with van der Waals surface area (Å²) in [5.41, 5.74) is 0.930. The summed E-state index contributed by atoms with van der Waals surface area (Å²) in [4.78, 5) is 32.0. The molecule has 0 saturated carbocycles. The molecule has 3 aromatic rings. The minimum atomic E-state index is -0.967. The van der Waals surface area contributed by atoms with Crippen molar-refractivity contribution in [2.75, 3.05) is 19.1 Å². The van der Waals surface area contributed by atoms with Crippen molar-refractivity contribution >= 4 is 34.7 Å². The Morgan fingerprint density at radius 1 is 1.03 bits per heavy atom. The summed E-state index contributed by atoms with van der Waals surface area (Å²) in [6.07, 6.45) is 1.56. The van der Waals surface area contributed by atoms with Crippen LogP contribution in [-0.2, 0) is 9.59 Å². The Labute approximate surface area is 189 Å². The number of aromatic nitrogens is 1. The van der Waals surface area contributed by atoms with E-state index in [1.165, 1.54) is 25.2 Å². The molecule has 2 aromatic carbocycles. The molecule has 0 radical (unpaired) electrons. The number of ketones is 1. The van der Waals surface area contributed by atoms with Gasteiger partial charge in [-0.1, -0.05) is 23.7 Å². The van der Waals surface area contributed by atoms with Crippen LogP contribution < -0.4 is 14.4 Å². The molecule has 1 atom stereocenters. The van der Waals surface area contributed by atoms with Crippen molar-refractivity contribution in [3.63, 3.8) is 0 Å². The first-order chi connectivity index (χ1) is 15.5. The van der Waals surface area contributed by atoms with Crippen LogP contribution in [0.15, 0.2) is 72.4 Å². The van der Waals surface area contributed by atoms with Crippen molar-refractivity contribution in [3.05, 3.63) is 88.7 Å². The molecule has 1 N–H and O–H groups in total. The summed E-state index contributed by atoms with van der Waals surface area (Å²) in [7, 11) is 2.93. The molecule has 4 rings (SSSR count). The van der Waals surface area contributed by atoms with Crippen molar-refractivity contribution < 1.29 is 24.2 Å². The van der Waals surface area contributed by atoms with Gasteiger partial charge in [0.1, 0.15) is 23.3 Å². The largest absolute Gasteiger partial charge is 0.507 e. The van der Waals surface area contributed by atoms with Gasteiger partial charge < -0.3 is 14.6 Å². The third-order valence-corrected chi connectivity index (χ3v) is 5.40. The Bertz CT molecular complexity index is 1230. The molecule has 1 aromatic heterocycles. The number of aliphatic hydroxyl groups is 1. The molecular formula is C24H19ClN2O5. The molecular weight excluding hydrogens is 432 g/mol. The zero-order valence-electron chi connectivity index (χ0n) is 17.3. The summed E-state index contributed by atoms with van der Waals surface area (Å²) in [5.74, 6) is -1.27. The van der Waals surface area contributed by atoms with E-state index in [0.29, 0.717) is 27.9 Å². The van der Waals surface area contributed by atoms with E-state index in [-0.39, 0.29) is 16.9 Å². The number of nitrogens with zero attached hydrogens (tertiary/aromatic N) is 2. The average molecular weight is 451 g/mol. The number of carbonyl (C=O) groups is 2. The van der Waals surface area contributed by atoms with Crippen molar-refractivity contribution in [1.82, 2.24) is 4.98 Å². The molecule has 162 valence electrons. The van der Waals surface area contributed by atoms with E-state index >= 15 is 0 Å². The predicted molar refractivity (Wildman–Crippen MR) is 120 cm³/mol. The number of Topliss-reactive ketones (excluding diaryl/α,β-unsaturated/α-hetero) is 1. The normalized spacial score (nSPS) is 17.5.